The lowest BCUT2D eigenvalue weighted by atomic mass is 10.1. The van der Waals surface area contributed by atoms with E-state index in [0.29, 0.717) is 0 Å². The van der Waals surface area contributed by atoms with Crippen LogP contribution < -0.4 is 0 Å². The van der Waals surface area contributed by atoms with E-state index in [1.165, 1.54) is 24.0 Å². The van der Waals surface area contributed by atoms with E-state index in [-0.39, 0.29) is 0 Å². The molecule has 0 aliphatic heterocycles. The first-order valence-electron chi connectivity index (χ1n) is 6.08. The van der Waals surface area contributed by atoms with Gasteiger partial charge >= 0.3 is 0 Å². The van der Waals surface area contributed by atoms with Crippen molar-refractivity contribution in [3.05, 3.63) is 78.4 Å². The summed E-state index contributed by atoms with van der Waals surface area (Å²) >= 11 is 0. The van der Waals surface area contributed by atoms with E-state index in [1.807, 2.05) is 36.4 Å². The van der Waals surface area contributed by atoms with Crippen LogP contribution in [-0.4, -0.2) is 0 Å². The number of hydrogen-bond donors (Lipinski definition) is 0. The molecule has 2 rings (SSSR count). The molecular weight excluding hydrogens is 204 g/mol. The molecule has 0 bridgehead atoms. The molecule has 0 saturated heterocycles. The Morgan fingerprint density at radius 1 is 0.882 bits per heavy atom. The molecule has 2 aromatic carbocycles. The molecule has 0 radical (unpaired) electrons. The summed E-state index contributed by atoms with van der Waals surface area (Å²) in [6, 6.07) is 20.6. The summed E-state index contributed by atoms with van der Waals surface area (Å²) < 4.78 is 0. The van der Waals surface area contributed by atoms with Gasteiger partial charge in [-0.15, -0.1) is 0 Å². The standard InChI is InChI=1S/C9H12.C8H8/c1-2-6-9-7-4-3-5-8-9;1-2-8-6-4-3-5-7-8/h3-5,7-8H,2,6H2,1H3;2-7H,1H2. The van der Waals surface area contributed by atoms with Crippen molar-refractivity contribution in [1.82, 2.24) is 0 Å². The van der Waals surface area contributed by atoms with Gasteiger partial charge in [-0.3, -0.25) is 0 Å². The fourth-order valence-corrected chi connectivity index (χ4v) is 1.52. The maximum atomic E-state index is 3.63. The average molecular weight is 224 g/mol. The first-order chi connectivity index (χ1) is 8.36. The smallest absolute Gasteiger partial charge is 0.0263 e. The fourth-order valence-electron chi connectivity index (χ4n) is 1.52. The molecule has 0 N–H and O–H groups in total. The Morgan fingerprint density at radius 3 is 1.82 bits per heavy atom. The number of hydrogen-bond acceptors (Lipinski definition) is 0. The van der Waals surface area contributed by atoms with Crippen LogP contribution in [0.15, 0.2) is 67.2 Å². The van der Waals surface area contributed by atoms with E-state index in [2.05, 4.69) is 43.8 Å². The topological polar surface area (TPSA) is 0 Å². The Morgan fingerprint density at radius 2 is 1.41 bits per heavy atom. The number of benzene rings is 2. The lowest BCUT2D eigenvalue weighted by Gasteiger charge is -1.93. The number of aryl methyl sites for hydroxylation is 1. The largest absolute Gasteiger partial charge is 0.0985 e. The minimum Gasteiger partial charge on any atom is -0.0985 e. The zero-order valence-electron chi connectivity index (χ0n) is 10.5. The molecule has 0 amide bonds. The second-order valence-electron chi connectivity index (χ2n) is 3.85. The quantitative estimate of drug-likeness (QED) is 0.690. The molecule has 0 saturated carbocycles. The van der Waals surface area contributed by atoms with Gasteiger partial charge in [0.25, 0.3) is 0 Å². The van der Waals surface area contributed by atoms with Gasteiger partial charge in [0.1, 0.15) is 0 Å². The highest BCUT2D eigenvalue weighted by atomic mass is 13.9. The highest BCUT2D eigenvalue weighted by molar-refractivity contribution is 5.45. The lowest BCUT2D eigenvalue weighted by molar-refractivity contribution is 0.922. The van der Waals surface area contributed by atoms with Crippen molar-refractivity contribution in [2.45, 2.75) is 19.8 Å². The van der Waals surface area contributed by atoms with Crippen LogP contribution in [0.5, 0.6) is 0 Å². The Balaban J connectivity index is 0.000000171. The summed E-state index contributed by atoms with van der Waals surface area (Å²) in [4.78, 5) is 0. The van der Waals surface area contributed by atoms with Crippen LogP contribution in [0.4, 0.5) is 0 Å². The highest BCUT2D eigenvalue weighted by Crippen LogP contribution is 2.00. The average Bonchev–Trinajstić information content (AvgIpc) is 2.42. The zero-order chi connectivity index (χ0) is 12.3. The summed E-state index contributed by atoms with van der Waals surface area (Å²) in [6.07, 6.45) is 4.28. The fraction of sp³-hybridized carbons (Fsp3) is 0.176. The van der Waals surface area contributed by atoms with Crippen LogP contribution in [0.25, 0.3) is 6.08 Å². The lowest BCUT2D eigenvalue weighted by Crippen LogP contribution is -1.78. The second-order valence-corrected chi connectivity index (χ2v) is 3.85. The summed E-state index contributed by atoms with van der Waals surface area (Å²) in [5.41, 5.74) is 2.62. The van der Waals surface area contributed by atoms with Crippen LogP contribution in [0.2, 0.25) is 0 Å². The summed E-state index contributed by atoms with van der Waals surface area (Å²) in [6.45, 7) is 5.83. The molecule has 0 aliphatic carbocycles. The van der Waals surface area contributed by atoms with Crippen LogP contribution in [-0.2, 0) is 6.42 Å². The van der Waals surface area contributed by atoms with Gasteiger partial charge in [-0.1, -0.05) is 86.7 Å². The molecule has 2 aromatic rings. The molecule has 0 spiro atoms. The van der Waals surface area contributed by atoms with Crippen molar-refractivity contribution in [1.29, 1.82) is 0 Å². The Labute approximate surface area is 105 Å². The first-order valence-corrected chi connectivity index (χ1v) is 6.08. The minimum atomic E-state index is 1.17. The van der Waals surface area contributed by atoms with Gasteiger partial charge in [0, 0.05) is 0 Å². The van der Waals surface area contributed by atoms with Crippen molar-refractivity contribution < 1.29 is 0 Å². The van der Waals surface area contributed by atoms with Gasteiger partial charge in [0.2, 0.25) is 0 Å². The van der Waals surface area contributed by atoms with Crippen LogP contribution in [0.1, 0.15) is 24.5 Å². The second kappa shape index (κ2) is 8.35. The van der Waals surface area contributed by atoms with Gasteiger partial charge in [0.05, 0.1) is 0 Å². The van der Waals surface area contributed by atoms with Crippen molar-refractivity contribution in [2.24, 2.45) is 0 Å². The van der Waals surface area contributed by atoms with Gasteiger partial charge in [-0.25, -0.2) is 0 Å². The van der Waals surface area contributed by atoms with Gasteiger partial charge in [-0.05, 0) is 17.5 Å². The summed E-state index contributed by atoms with van der Waals surface area (Å²) in [5, 5.41) is 0. The van der Waals surface area contributed by atoms with E-state index in [4.69, 9.17) is 0 Å². The Hall–Kier alpha value is -1.82. The highest BCUT2D eigenvalue weighted by Gasteiger charge is 1.84. The molecule has 0 fully saturated rings. The predicted molar refractivity (Wildman–Crippen MR) is 77.0 cm³/mol. The molecule has 0 aliphatic rings. The molecule has 0 atom stereocenters. The molecule has 0 heteroatoms. The molecule has 0 nitrogen and oxygen atoms in total. The first kappa shape index (κ1) is 13.2. The normalized spacial score (nSPS) is 9.00. The third kappa shape index (κ3) is 5.72. The van der Waals surface area contributed by atoms with Crippen LogP contribution in [0.3, 0.4) is 0 Å². The van der Waals surface area contributed by atoms with Crippen molar-refractivity contribution in [3.8, 4) is 0 Å². The third-order valence-electron chi connectivity index (χ3n) is 2.42. The summed E-state index contributed by atoms with van der Waals surface area (Å²) in [5.74, 6) is 0. The molecule has 17 heavy (non-hydrogen) atoms. The van der Waals surface area contributed by atoms with Crippen molar-refractivity contribution in [3.63, 3.8) is 0 Å². The summed E-state index contributed by atoms with van der Waals surface area (Å²) in [7, 11) is 0. The molecule has 88 valence electrons. The monoisotopic (exact) mass is 224 g/mol. The van der Waals surface area contributed by atoms with E-state index in [9.17, 15) is 0 Å². The third-order valence-corrected chi connectivity index (χ3v) is 2.42. The molecule has 0 aromatic heterocycles. The van der Waals surface area contributed by atoms with E-state index >= 15 is 0 Å². The predicted octanol–water partition coefficient (Wildman–Crippen LogP) is 4.97. The van der Waals surface area contributed by atoms with Gasteiger partial charge < -0.3 is 0 Å². The van der Waals surface area contributed by atoms with E-state index in [1.54, 1.807) is 0 Å². The maximum absolute atomic E-state index is 3.63. The minimum absolute atomic E-state index is 1.17. The molecule has 0 heterocycles. The van der Waals surface area contributed by atoms with Crippen LogP contribution >= 0.6 is 0 Å². The van der Waals surface area contributed by atoms with Gasteiger partial charge in [-0.2, -0.15) is 0 Å². The van der Waals surface area contributed by atoms with E-state index < -0.39 is 0 Å². The Kier molecular flexibility index (Phi) is 6.50. The molecule has 0 unspecified atom stereocenters. The zero-order valence-corrected chi connectivity index (χ0v) is 10.5. The molecular formula is C17H20. The Bertz CT molecular complexity index is 401. The SMILES string of the molecule is C=Cc1ccccc1.CCCc1ccccc1. The van der Waals surface area contributed by atoms with E-state index in [0.717, 1.165) is 0 Å². The number of rotatable bonds is 3. The van der Waals surface area contributed by atoms with Gasteiger partial charge in [0.15, 0.2) is 0 Å². The maximum Gasteiger partial charge on any atom is -0.0263 e. The van der Waals surface area contributed by atoms with Crippen LogP contribution in [0, 0.1) is 0 Å². The van der Waals surface area contributed by atoms with Crippen molar-refractivity contribution >= 4 is 6.08 Å². The van der Waals surface area contributed by atoms with Crippen molar-refractivity contribution in [2.75, 3.05) is 0 Å².